The van der Waals surface area contributed by atoms with Crippen LogP contribution in [0.15, 0.2) is 33.4 Å². The molecule has 1 aromatic carbocycles. The molecule has 1 saturated heterocycles. The molecule has 0 bridgehead atoms. The van der Waals surface area contributed by atoms with Crippen LogP contribution in [0.5, 0.6) is 5.75 Å². The number of oxazole rings is 1. The molecule has 1 aliphatic rings. The van der Waals surface area contributed by atoms with Crippen molar-refractivity contribution in [1.29, 1.82) is 0 Å². The van der Waals surface area contributed by atoms with Gasteiger partial charge in [-0.1, -0.05) is 0 Å². The van der Waals surface area contributed by atoms with E-state index in [1.807, 2.05) is 4.90 Å². The minimum atomic E-state index is -0.494. The fourth-order valence-corrected chi connectivity index (χ4v) is 2.96. The average molecular weight is 413 g/mol. The van der Waals surface area contributed by atoms with Crippen LogP contribution in [0, 0.1) is 5.82 Å². The summed E-state index contributed by atoms with van der Waals surface area (Å²) in [6.07, 6.45) is 2.76. The third-order valence-corrected chi connectivity index (χ3v) is 4.53. The zero-order chi connectivity index (χ0) is 17.8. The van der Waals surface area contributed by atoms with Crippen LogP contribution in [-0.2, 0) is 4.74 Å². The summed E-state index contributed by atoms with van der Waals surface area (Å²) in [4.78, 5) is 17.8. The van der Waals surface area contributed by atoms with Gasteiger partial charge in [-0.3, -0.25) is 0 Å². The first-order chi connectivity index (χ1) is 12.1. The summed E-state index contributed by atoms with van der Waals surface area (Å²) in [7, 11) is 0. The molecule has 2 heterocycles. The molecule has 0 spiro atoms. The van der Waals surface area contributed by atoms with E-state index in [1.165, 1.54) is 18.4 Å². The number of esters is 1. The second kappa shape index (κ2) is 7.86. The second-order valence-corrected chi connectivity index (χ2v) is 6.47. The van der Waals surface area contributed by atoms with Crippen LogP contribution in [0.25, 0.3) is 0 Å². The van der Waals surface area contributed by atoms with E-state index in [-0.39, 0.29) is 17.6 Å². The number of benzene rings is 1. The van der Waals surface area contributed by atoms with Gasteiger partial charge in [0.15, 0.2) is 5.69 Å². The van der Waals surface area contributed by atoms with Gasteiger partial charge >= 0.3 is 5.97 Å². The monoisotopic (exact) mass is 412 g/mol. The molecule has 3 rings (SSSR count). The van der Waals surface area contributed by atoms with E-state index >= 15 is 0 Å². The lowest BCUT2D eigenvalue weighted by Gasteiger charge is -2.31. The van der Waals surface area contributed by atoms with Crippen molar-refractivity contribution in [2.45, 2.75) is 25.9 Å². The summed E-state index contributed by atoms with van der Waals surface area (Å²) in [6.45, 7) is 3.36. The van der Waals surface area contributed by atoms with Gasteiger partial charge in [0.1, 0.15) is 23.9 Å². The van der Waals surface area contributed by atoms with Crippen LogP contribution in [0.2, 0.25) is 0 Å². The fourth-order valence-electron chi connectivity index (χ4n) is 2.62. The molecule has 0 saturated carbocycles. The molecule has 0 aliphatic carbocycles. The number of hydrogen-bond acceptors (Lipinski definition) is 6. The Morgan fingerprint density at radius 1 is 1.44 bits per heavy atom. The maximum absolute atomic E-state index is 13.3. The summed E-state index contributed by atoms with van der Waals surface area (Å²) in [6, 6.07) is 4.77. The molecule has 1 aliphatic heterocycles. The first-order valence-electron chi connectivity index (χ1n) is 8.06. The van der Waals surface area contributed by atoms with Crippen molar-refractivity contribution < 1.29 is 23.1 Å². The lowest BCUT2D eigenvalue weighted by molar-refractivity contribution is 0.0519. The molecule has 0 unspecified atom stereocenters. The molecule has 6 nitrogen and oxygen atoms in total. The molecule has 25 heavy (non-hydrogen) atoms. The van der Waals surface area contributed by atoms with E-state index in [1.54, 1.807) is 13.0 Å². The highest BCUT2D eigenvalue weighted by atomic mass is 79.9. The van der Waals surface area contributed by atoms with Gasteiger partial charge < -0.3 is 18.8 Å². The SMILES string of the molecule is CCOC(=O)c1coc(N2CCC(Oc3cc(F)ccc3Br)CC2)n1. The Morgan fingerprint density at radius 3 is 2.92 bits per heavy atom. The van der Waals surface area contributed by atoms with Crippen molar-refractivity contribution in [3.05, 3.63) is 40.4 Å². The molecule has 0 N–H and O–H groups in total. The van der Waals surface area contributed by atoms with Gasteiger partial charge in [-0.25, -0.2) is 9.18 Å². The Bertz CT molecular complexity index is 744. The average Bonchev–Trinajstić information content (AvgIpc) is 3.09. The second-order valence-electron chi connectivity index (χ2n) is 5.61. The van der Waals surface area contributed by atoms with Gasteiger partial charge in [-0.05, 0) is 35.0 Å². The third-order valence-electron chi connectivity index (χ3n) is 3.88. The van der Waals surface area contributed by atoms with Crippen molar-refractivity contribution in [2.24, 2.45) is 0 Å². The number of carbonyl (C=O) groups is 1. The van der Waals surface area contributed by atoms with E-state index in [9.17, 15) is 9.18 Å². The van der Waals surface area contributed by atoms with Gasteiger partial charge in [-0.2, -0.15) is 4.98 Å². The number of rotatable bonds is 5. The van der Waals surface area contributed by atoms with Gasteiger partial charge in [0.25, 0.3) is 6.01 Å². The van der Waals surface area contributed by atoms with Crippen molar-refractivity contribution in [2.75, 3.05) is 24.6 Å². The Kier molecular flexibility index (Phi) is 5.57. The molecule has 134 valence electrons. The summed E-state index contributed by atoms with van der Waals surface area (Å²) in [5.74, 6) is -0.326. The number of aromatic nitrogens is 1. The highest BCUT2D eigenvalue weighted by molar-refractivity contribution is 9.10. The molecular formula is C17H18BrFN2O4. The summed E-state index contributed by atoms with van der Waals surface area (Å²) in [5, 5.41) is 0. The lowest BCUT2D eigenvalue weighted by atomic mass is 10.1. The van der Waals surface area contributed by atoms with Gasteiger partial charge in [-0.15, -0.1) is 0 Å². The molecule has 1 aromatic heterocycles. The van der Waals surface area contributed by atoms with Gasteiger partial charge in [0, 0.05) is 32.0 Å². The number of piperidine rings is 1. The van der Waals surface area contributed by atoms with Crippen molar-refractivity contribution >= 4 is 27.9 Å². The lowest BCUT2D eigenvalue weighted by Crippen LogP contribution is -2.38. The minimum absolute atomic E-state index is 0.0196. The van der Waals surface area contributed by atoms with E-state index in [4.69, 9.17) is 13.9 Å². The van der Waals surface area contributed by atoms with Crippen molar-refractivity contribution in [3.63, 3.8) is 0 Å². The van der Waals surface area contributed by atoms with Crippen LogP contribution in [-0.4, -0.2) is 36.8 Å². The number of ether oxygens (including phenoxy) is 2. The molecule has 0 radical (unpaired) electrons. The summed E-state index contributed by atoms with van der Waals surface area (Å²) in [5.41, 5.74) is 0.166. The van der Waals surface area contributed by atoms with Crippen LogP contribution < -0.4 is 9.64 Å². The van der Waals surface area contributed by atoms with Gasteiger partial charge in [0.05, 0.1) is 11.1 Å². The summed E-state index contributed by atoms with van der Waals surface area (Å²) >= 11 is 3.36. The zero-order valence-electron chi connectivity index (χ0n) is 13.7. The quantitative estimate of drug-likeness (QED) is 0.695. The van der Waals surface area contributed by atoms with Crippen LogP contribution in [0.3, 0.4) is 0 Å². The smallest absolute Gasteiger partial charge is 0.360 e. The Morgan fingerprint density at radius 2 is 2.20 bits per heavy atom. The molecule has 1 fully saturated rings. The van der Waals surface area contributed by atoms with Crippen LogP contribution >= 0.6 is 15.9 Å². The Balaban J connectivity index is 1.57. The van der Waals surface area contributed by atoms with Crippen molar-refractivity contribution in [3.8, 4) is 5.75 Å². The van der Waals surface area contributed by atoms with E-state index in [2.05, 4.69) is 20.9 Å². The van der Waals surface area contributed by atoms with E-state index in [0.29, 0.717) is 31.5 Å². The zero-order valence-corrected chi connectivity index (χ0v) is 15.3. The Hall–Kier alpha value is -2.09. The Labute approximate surface area is 153 Å². The standard InChI is InChI=1S/C17H18BrFN2O4/c1-2-23-16(22)14-10-24-17(20-14)21-7-5-12(6-8-21)25-15-9-11(19)3-4-13(15)18/h3-4,9-10,12H,2,5-8H2,1H3. The fraction of sp³-hybridized carbons (Fsp3) is 0.412. The maximum atomic E-state index is 13.3. The highest BCUT2D eigenvalue weighted by Crippen LogP contribution is 2.29. The van der Waals surface area contributed by atoms with Gasteiger partial charge in [0.2, 0.25) is 0 Å². The summed E-state index contributed by atoms with van der Waals surface area (Å²) < 4.78 is 30.2. The maximum Gasteiger partial charge on any atom is 0.360 e. The van der Waals surface area contributed by atoms with Crippen molar-refractivity contribution in [1.82, 2.24) is 4.98 Å². The third kappa shape index (κ3) is 4.31. The molecule has 0 atom stereocenters. The van der Waals surface area contributed by atoms with Crippen LogP contribution in [0.1, 0.15) is 30.3 Å². The number of carbonyl (C=O) groups excluding carboxylic acids is 1. The topological polar surface area (TPSA) is 64.8 Å². The molecular weight excluding hydrogens is 395 g/mol. The highest BCUT2D eigenvalue weighted by Gasteiger charge is 2.25. The number of halogens is 2. The normalized spacial score (nSPS) is 15.2. The van der Waals surface area contributed by atoms with E-state index in [0.717, 1.165) is 17.3 Å². The number of hydrogen-bond donors (Lipinski definition) is 0. The molecule has 0 amide bonds. The first-order valence-corrected chi connectivity index (χ1v) is 8.85. The minimum Gasteiger partial charge on any atom is -0.489 e. The number of anilines is 1. The predicted octanol–water partition coefficient (Wildman–Crippen LogP) is 3.80. The largest absolute Gasteiger partial charge is 0.489 e. The molecule has 2 aromatic rings. The number of nitrogens with zero attached hydrogens (tertiary/aromatic N) is 2. The predicted molar refractivity (Wildman–Crippen MR) is 92.4 cm³/mol. The molecule has 8 heteroatoms. The first kappa shape index (κ1) is 17.7. The van der Waals surface area contributed by atoms with Crippen LogP contribution in [0.4, 0.5) is 10.4 Å². The van der Waals surface area contributed by atoms with E-state index < -0.39 is 5.97 Å².